The van der Waals surface area contributed by atoms with Gasteiger partial charge in [-0.15, -0.1) is 11.3 Å². The summed E-state index contributed by atoms with van der Waals surface area (Å²) in [4.78, 5) is 7.04. The molecule has 0 saturated carbocycles. The van der Waals surface area contributed by atoms with Crippen molar-refractivity contribution in [2.75, 3.05) is 13.6 Å². The molecule has 1 atom stereocenters. The van der Waals surface area contributed by atoms with Crippen LogP contribution < -0.4 is 5.73 Å². The minimum atomic E-state index is 0.146. The first-order valence-electron chi connectivity index (χ1n) is 7.09. The van der Waals surface area contributed by atoms with E-state index in [9.17, 15) is 0 Å². The Morgan fingerprint density at radius 2 is 2.00 bits per heavy atom. The van der Waals surface area contributed by atoms with Crippen LogP contribution >= 0.6 is 11.3 Å². The van der Waals surface area contributed by atoms with Gasteiger partial charge in [-0.2, -0.15) is 0 Å². The molecule has 1 aromatic rings. The molecular formula is C15H29N3S. The van der Waals surface area contributed by atoms with Crippen LogP contribution in [0, 0.1) is 5.92 Å². The lowest BCUT2D eigenvalue weighted by atomic mass is 9.93. The summed E-state index contributed by atoms with van der Waals surface area (Å²) in [6, 6.07) is 0.295. The van der Waals surface area contributed by atoms with Gasteiger partial charge in [-0.25, -0.2) is 4.98 Å². The Morgan fingerprint density at radius 1 is 1.37 bits per heavy atom. The van der Waals surface area contributed by atoms with Crippen molar-refractivity contribution in [3.63, 3.8) is 0 Å². The first-order chi connectivity index (χ1) is 8.70. The minimum absolute atomic E-state index is 0.146. The first kappa shape index (κ1) is 16.6. The molecule has 0 saturated heterocycles. The van der Waals surface area contributed by atoms with Crippen LogP contribution in [-0.4, -0.2) is 29.5 Å². The SMILES string of the molecule is CC(C)C(N)CCN(C)Cc1nc(C(C)(C)C)cs1. The van der Waals surface area contributed by atoms with E-state index < -0.39 is 0 Å². The largest absolute Gasteiger partial charge is 0.327 e. The third-order valence-electron chi connectivity index (χ3n) is 3.43. The van der Waals surface area contributed by atoms with Gasteiger partial charge in [-0.3, -0.25) is 4.90 Å². The molecule has 3 nitrogen and oxygen atoms in total. The molecule has 19 heavy (non-hydrogen) atoms. The van der Waals surface area contributed by atoms with Crippen molar-refractivity contribution < 1.29 is 0 Å². The highest BCUT2D eigenvalue weighted by molar-refractivity contribution is 7.09. The molecule has 0 fully saturated rings. The smallest absolute Gasteiger partial charge is 0.107 e. The van der Waals surface area contributed by atoms with E-state index in [1.165, 1.54) is 10.7 Å². The summed E-state index contributed by atoms with van der Waals surface area (Å²) in [5.74, 6) is 0.556. The van der Waals surface area contributed by atoms with Crippen molar-refractivity contribution in [3.05, 3.63) is 16.1 Å². The molecule has 0 aliphatic rings. The van der Waals surface area contributed by atoms with E-state index in [-0.39, 0.29) is 5.41 Å². The zero-order valence-electron chi connectivity index (χ0n) is 13.2. The Labute approximate surface area is 122 Å². The fourth-order valence-electron chi connectivity index (χ4n) is 1.74. The second kappa shape index (κ2) is 6.82. The van der Waals surface area contributed by atoms with Crippen molar-refractivity contribution in [3.8, 4) is 0 Å². The van der Waals surface area contributed by atoms with Gasteiger partial charge in [0.2, 0.25) is 0 Å². The average Bonchev–Trinajstić information content (AvgIpc) is 2.73. The summed E-state index contributed by atoms with van der Waals surface area (Å²) in [6.07, 6.45) is 1.05. The number of hydrogen-bond acceptors (Lipinski definition) is 4. The number of nitrogens with two attached hydrogens (primary N) is 1. The maximum absolute atomic E-state index is 6.08. The Bertz CT molecular complexity index is 379. The van der Waals surface area contributed by atoms with Crippen LogP contribution in [-0.2, 0) is 12.0 Å². The maximum atomic E-state index is 6.08. The molecule has 0 aromatic carbocycles. The van der Waals surface area contributed by atoms with E-state index in [0.717, 1.165) is 19.5 Å². The van der Waals surface area contributed by atoms with E-state index in [1.54, 1.807) is 11.3 Å². The van der Waals surface area contributed by atoms with Gasteiger partial charge in [0.05, 0.1) is 12.2 Å². The van der Waals surface area contributed by atoms with E-state index in [1.807, 2.05) is 0 Å². The second-order valence-electron chi connectivity index (χ2n) is 6.81. The van der Waals surface area contributed by atoms with Crippen LogP contribution in [0.5, 0.6) is 0 Å². The highest BCUT2D eigenvalue weighted by Crippen LogP contribution is 2.24. The number of rotatable bonds is 6. The summed E-state index contributed by atoms with van der Waals surface area (Å²) in [5, 5.41) is 3.38. The first-order valence-corrected chi connectivity index (χ1v) is 7.97. The van der Waals surface area contributed by atoms with Gasteiger partial charge in [-0.05, 0) is 25.9 Å². The highest BCUT2D eigenvalue weighted by atomic mass is 32.1. The lowest BCUT2D eigenvalue weighted by molar-refractivity contribution is 0.295. The van der Waals surface area contributed by atoms with Crippen molar-refractivity contribution in [2.24, 2.45) is 11.7 Å². The summed E-state index contributed by atoms with van der Waals surface area (Å²) in [7, 11) is 2.14. The lowest BCUT2D eigenvalue weighted by Gasteiger charge is -2.20. The predicted molar refractivity (Wildman–Crippen MR) is 84.6 cm³/mol. The van der Waals surface area contributed by atoms with Crippen molar-refractivity contribution in [1.82, 2.24) is 9.88 Å². The van der Waals surface area contributed by atoms with Crippen LogP contribution in [0.2, 0.25) is 0 Å². The molecule has 110 valence electrons. The molecule has 1 heterocycles. The van der Waals surface area contributed by atoms with Gasteiger partial charge in [0.25, 0.3) is 0 Å². The Hall–Kier alpha value is -0.450. The molecule has 1 unspecified atom stereocenters. The molecule has 0 spiro atoms. The highest BCUT2D eigenvalue weighted by Gasteiger charge is 2.18. The van der Waals surface area contributed by atoms with Gasteiger partial charge in [0.1, 0.15) is 5.01 Å². The van der Waals surface area contributed by atoms with Gasteiger partial charge < -0.3 is 5.73 Å². The summed E-state index contributed by atoms with van der Waals surface area (Å²) in [5.41, 5.74) is 7.42. The predicted octanol–water partition coefficient (Wildman–Crippen LogP) is 3.25. The van der Waals surface area contributed by atoms with E-state index in [4.69, 9.17) is 10.7 Å². The topological polar surface area (TPSA) is 42.1 Å². The third kappa shape index (κ3) is 5.59. The molecule has 1 rings (SSSR count). The molecule has 0 amide bonds. The average molecular weight is 283 g/mol. The lowest BCUT2D eigenvalue weighted by Crippen LogP contribution is -2.31. The zero-order valence-corrected chi connectivity index (χ0v) is 14.0. The molecule has 4 heteroatoms. The van der Waals surface area contributed by atoms with Crippen molar-refractivity contribution in [2.45, 2.75) is 59.0 Å². The summed E-state index contributed by atoms with van der Waals surface area (Å²) < 4.78 is 0. The standard InChI is InChI=1S/C15H29N3S/c1-11(2)12(16)7-8-18(6)9-14-17-13(10-19-14)15(3,4)5/h10-12H,7-9,16H2,1-6H3. The molecule has 1 aromatic heterocycles. The molecule has 0 bridgehead atoms. The van der Waals surface area contributed by atoms with E-state index in [0.29, 0.717) is 12.0 Å². The van der Waals surface area contributed by atoms with Gasteiger partial charge >= 0.3 is 0 Å². The fraction of sp³-hybridized carbons (Fsp3) is 0.800. The van der Waals surface area contributed by atoms with Crippen molar-refractivity contribution >= 4 is 11.3 Å². The zero-order chi connectivity index (χ0) is 14.6. The van der Waals surface area contributed by atoms with Gasteiger partial charge in [-0.1, -0.05) is 34.6 Å². The number of thiazole rings is 1. The second-order valence-corrected chi connectivity index (χ2v) is 7.75. The van der Waals surface area contributed by atoms with Crippen LogP contribution in [0.25, 0.3) is 0 Å². The minimum Gasteiger partial charge on any atom is -0.327 e. The molecule has 0 aliphatic carbocycles. The molecule has 0 radical (unpaired) electrons. The Kier molecular flexibility index (Phi) is 5.96. The Balaban J connectivity index is 2.44. The quantitative estimate of drug-likeness (QED) is 0.871. The summed E-state index contributed by atoms with van der Waals surface area (Å²) in [6.45, 7) is 12.9. The van der Waals surface area contributed by atoms with E-state index in [2.05, 4.69) is 51.9 Å². The number of nitrogens with zero attached hydrogens (tertiary/aromatic N) is 2. The molecular weight excluding hydrogens is 254 g/mol. The van der Waals surface area contributed by atoms with Gasteiger partial charge in [0, 0.05) is 16.8 Å². The molecule has 2 N–H and O–H groups in total. The third-order valence-corrected chi connectivity index (χ3v) is 4.26. The number of hydrogen-bond donors (Lipinski definition) is 1. The van der Waals surface area contributed by atoms with Crippen LogP contribution in [0.4, 0.5) is 0 Å². The van der Waals surface area contributed by atoms with E-state index >= 15 is 0 Å². The van der Waals surface area contributed by atoms with Crippen LogP contribution in [0.1, 0.15) is 51.7 Å². The fourth-order valence-corrected chi connectivity index (χ4v) is 2.84. The number of aromatic nitrogens is 1. The van der Waals surface area contributed by atoms with Crippen LogP contribution in [0.3, 0.4) is 0 Å². The molecule has 0 aliphatic heterocycles. The maximum Gasteiger partial charge on any atom is 0.107 e. The monoisotopic (exact) mass is 283 g/mol. The summed E-state index contributed by atoms with van der Waals surface area (Å²) >= 11 is 1.76. The van der Waals surface area contributed by atoms with Crippen LogP contribution in [0.15, 0.2) is 5.38 Å². The normalized spacial score (nSPS) is 14.4. The van der Waals surface area contributed by atoms with Gasteiger partial charge in [0.15, 0.2) is 0 Å². The Morgan fingerprint density at radius 3 is 2.47 bits per heavy atom. The van der Waals surface area contributed by atoms with Crippen molar-refractivity contribution in [1.29, 1.82) is 0 Å².